The predicted molar refractivity (Wildman–Crippen MR) is 195 cm³/mol. The van der Waals surface area contributed by atoms with E-state index in [-0.39, 0.29) is 0 Å². The summed E-state index contributed by atoms with van der Waals surface area (Å²) in [5, 5.41) is 6.27. The first kappa shape index (κ1) is 25.9. The molecule has 0 unspecified atom stereocenters. The van der Waals surface area contributed by atoms with E-state index in [1.165, 1.54) is 43.5 Å². The number of fused-ring (bicyclic) bond motifs is 8. The molecule has 4 heteroatoms. The maximum atomic E-state index is 5.11. The van der Waals surface area contributed by atoms with Crippen molar-refractivity contribution in [1.29, 1.82) is 0 Å². The van der Waals surface area contributed by atoms with Crippen LogP contribution in [-0.2, 0) is 0 Å². The molecule has 3 aromatic heterocycles. The van der Waals surface area contributed by atoms with Gasteiger partial charge >= 0.3 is 0 Å². The third-order valence-electron chi connectivity index (χ3n) is 9.48. The molecule has 0 fully saturated rings. The molecule has 47 heavy (non-hydrogen) atoms. The van der Waals surface area contributed by atoms with Crippen molar-refractivity contribution < 1.29 is 0 Å². The fourth-order valence-corrected chi connectivity index (χ4v) is 7.39. The van der Waals surface area contributed by atoms with Crippen LogP contribution in [0, 0.1) is 0 Å². The molecule has 0 N–H and O–H groups in total. The number of imidazole rings is 1. The van der Waals surface area contributed by atoms with Crippen LogP contribution in [0.3, 0.4) is 0 Å². The van der Waals surface area contributed by atoms with Gasteiger partial charge in [-0.05, 0) is 89.6 Å². The highest BCUT2D eigenvalue weighted by atomic mass is 15.1. The topological polar surface area (TPSA) is 27.7 Å². The molecule has 0 radical (unpaired) electrons. The average Bonchev–Trinajstić information content (AvgIpc) is 3.84. The zero-order valence-corrected chi connectivity index (χ0v) is 25.5. The molecule has 0 spiro atoms. The lowest BCUT2D eigenvalue weighted by atomic mass is 10.0. The first-order chi connectivity index (χ1) is 23.3. The minimum absolute atomic E-state index is 0.930. The maximum absolute atomic E-state index is 5.11. The second-order valence-corrected chi connectivity index (χ2v) is 12.1. The summed E-state index contributed by atoms with van der Waals surface area (Å²) in [7, 11) is 0. The Bertz CT molecular complexity index is 2760. The second kappa shape index (κ2) is 10.1. The van der Waals surface area contributed by atoms with Crippen LogP contribution in [0.25, 0.3) is 83.0 Å². The minimum atomic E-state index is 0.930. The molecule has 7 aromatic carbocycles. The van der Waals surface area contributed by atoms with Crippen molar-refractivity contribution in [3.05, 3.63) is 170 Å². The van der Waals surface area contributed by atoms with Crippen molar-refractivity contribution in [2.24, 2.45) is 0 Å². The van der Waals surface area contributed by atoms with Crippen molar-refractivity contribution in [2.45, 2.75) is 0 Å². The Morgan fingerprint density at radius 1 is 0.404 bits per heavy atom. The number of para-hydroxylation sites is 4. The minimum Gasteiger partial charge on any atom is -0.316 e. The van der Waals surface area contributed by atoms with Gasteiger partial charge in [-0.25, -0.2) is 4.98 Å². The highest BCUT2D eigenvalue weighted by Crippen LogP contribution is 2.41. The summed E-state index contributed by atoms with van der Waals surface area (Å²) in [5.41, 5.74) is 10.1. The van der Waals surface area contributed by atoms with E-state index in [4.69, 9.17) is 4.98 Å². The van der Waals surface area contributed by atoms with Crippen LogP contribution >= 0.6 is 0 Å². The van der Waals surface area contributed by atoms with Crippen molar-refractivity contribution in [3.63, 3.8) is 0 Å². The van der Waals surface area contributed by atoms with E-state index in [0.29, 0.717) is 0 Å². The molecule has 0 saturated heterocycles. The van der Waals surface area contributed by atoms with Crippen molar-refractivity contribution >= 4 is 54.5 Å². The van der Waals surface area contributed by atoms with Crippen molar-refractivity contribution in [1.82, 2.24) is 18.7 Å². The smallest absolute Gasteiger partial charge is 0.145 e. The summed E-state index contributed by atoms with van der Waals surface area (Å²) >= 11 is 0. The Kier molecular flexibility index (Phi) is 5.54. The van der Waals surface area contributed by atoms with Crippen LogP contribution in [0.4, 0.5) is 0 Å². The molecule has 0 atom stereocenters. The number of rotatable bonds is 4. The number of nitrogens with zero attached hydrogens (tertiary/aromatic N) is 4. The van der Waals surface area contributed by atoms with Gasteiger partial charge in [0.2, 0.25) is 0 Å². The molecule has 0 aliphatic carbocycles. The number of hydrogen-bond donors (Lipinski definition) is 0. The second-order valence-electron chi connectivity index (χ2n) is 12.1. The van der Waals surface area contributed by atoms with Gasteiger partial charge in [0, 0.05) is 45.0 Å². The standard InChI is InChI=1S/C43H28N4/c1-3-12-31(13-4-1)45-28-27-35-38(45)26-24-36-41-34-16-8-7-11-29(34)21-25-40(41)46(42(35)36)33-22-19-30(20-23-33)43-44-37-17-9-10-18-39(37)47(43)32-14-5-2-6-15-32/h1-28H. The van der Waals surface area contributed by atoms with E-state index >= 15 is 0 Å². The predicted octanol–water partition coefficient (Wildman–Crippen LogP) is 10.9. The van der Waals surface area contributed by atoms with Crippen LogP contribution in [0.1, 0.15) is 0 Å². The highest BCUT2D eigenvalue weighted by Gasteiger charge is 2.20. The quantitative estimate of drug-likeness (QED) is 0.197. The van der Waals surface area contributed by atoms with E-state index < -0.39 is 0 Å². The molecule has 3 heterocycles. The van der Waals surface area contributed by atoms with E-state index in [0.717, 1.165) is 39.5 Å². The van der Waals surface area contributed by atoms with Gasteiger partial charge in [0.15, 0.2) is 0 Å². The fraction of sp³-hybridized carbons (Fsp3) is 0. The summed E-state index contributed by atoms with van der Waals surface area (Å²) in [6.45, 7) is 0. The zero-order chi connectivity index (χ0) is 30.9. The molecular weight excluding hydrogens is 573 g/mol. The first-order valence-electron chi connectivity index (χ1n) is 16.0. The summed E-state index contributed by atoms with van der Waals surface area (Å²) < 4.78 is 6.98. The molecule has 220 valence electrons. The van der Waals surface area contributed by atoms with Gasteiger partial charge < -0.3 is 9.13 Å². The van der Waals surface area contributed by atoms with Crippen LogP contribution in [0.2, 0.25) is 0 Å². The van der Waals surface area contributed by atoms with Gasteiger partial charge in [-0.1, -0.05) is 84.9 Å². The average molecular weight is 601 g/mol. The SMILES string of the molecule is c1ccc(-n2ccc3c2ccc2c4c5ccccc5ccc4n(-c4ccc(-c5nc6ccccc6n5-c5ccccc5)cc4)c23)cc1. The van der Waals surface area contributed by atoms with Gasteiger partial charge in [0.25, 0.3) is 0 Å². The Labute approximate surface area is 271 Å². The van der Waals surface area contributed by atoms with E-state index in [1.54, 1.807) is 0 Å². The molecule has 0 bridgehead atoms. The molecule has 4 nitrogen and oxygen atoms in total. The Morgan fingerprint density at radius 2 is 1.09 bits per heavy atom. The summed E-state index contributed by atoms with van der Waals surface area (Å²) in [6, 6.07) is 58.4. The molecule has 0 aliphatic heterocycles. The molecule has 0 saturated carbocycles. The van der Waals surface area contributed by atoms with Gasteiger partial charge in [0.05, 0.1) is 27.6 Å². The van der Waals surface area contributed by atoms with Crippen LogP contribution in [-0.4, -0.2) is 18.7 Å². The fourth-order valence-electron chi connectivity index (χ4n) is 7.39. The van der Waals surface area contributed by atoms with Gasteiger partial charge in [-0.3, -0.25) is 4.57 Å². The van der Waals surface area contributed by atoms with Crippen molar-refractivity contribution in [2.75, 3.05) is 0 Å². The molecule has 0 aliphatic rings. The molecular formula is C43H28N4. The zero-order valence-electron chi connectivity index (χ0n) is 25.5. The number of hydrogen-bond acceptors (Lipinski definition) is 1. The van der Waals surface area contributed by atoms with Crippen molar-refractivity contribution in [3.8, 4) is 28.5 Å². The van der Waals surface area contributed by atoms with Crippen LogP contribution in [0.5, 0.6) is 0 Å². The number of aromatic nitrogens is 4. The van der Waals surface area contributed by atoms with Crippen LogP contribution in [0.15, 0.2) is 170 Å². The van der Waals surface area contributed by atoms with Gasteiger partial charge in [0.1, 0.15) is 5.82 Å². The van der Waals surface area contributed by atoms with E-state index in [9.17, 15) is 0 Å². The third-order valence-corrected chi connectivity index (χ3v) is 9.48. The largest absolute Gasteiger partial charge is 0.316 e. The Morgan fingerprint density at radius 3 is 1.91 bits per heavy atom. The highest BCUT2D eigenvalue weighted by molar-refractivity contribution is 6.25. The molecule has 10 aromatic rings. The lowest BCUT2D eigenvalue weighted by Gasteiger charge is -2.12. The maximum Gasteiger partial charge on any atom is 0.145 e. The normalized spacial score (nSPS) is 11.8. The lowest BCUT2D eigenvalue weighted by Crippen LogP contribution is -1.98. The monoisotopic (exact) mass is 600 g/mol. The van der Waals surface area contributed by atoms with Gasteiger partial charge in [-0.15, -0.1) is 0 Å². The van der Waals surface area contributed by atoms with Gasteiger partial charge in [-0.2, -0.15) is 0 Å². The summed E-state index contributed by atoms with van der Waals surface area (Å²) in [4.78, 5) is 5.11. The Balaban J connectivity index is 1.23. The molecule has 0 amide bonds. The Hall–Kier alpha value is -6.39. The molecule has 10 rings (SSSR count). The first-order valence-corrected chi connectivity index (χ1v) is 16.0. The summed E-state index contributed by atoms with van der Waals surface area (Å²) in [6.07, 6.45) is 2.19. The lowest BCUT2D eigenvalue weighted by molar-refractivity contribution is 1.10. The number of benzene rings is 7. The van der Waals surface area contributed by atoms with Crippen LogP contribution < -0.4 is 0 Å². The van der Waals surface area contributed by atoms with E-state index in [2.05, 4.69) is 184 Å². The third kappa shape index (κ3) is 3.85. The summed E-state index contributed by atoms with van der Waals surface area (Å²) in [5.74, 6) is 0.930. The van der Waals surface area contributed by atoms with E-state index in [1.807, 2.05) is 0 Å².